The number of alkyl halides is 2. The Morgan fingerprint density at radius 3 is 2.00 bits per heavy atom. The van der Waals surface area contributed by atoms with Crippen LogP contribution in [0.2, 0.25) is 0 Å². The average molecular weight is 540 g/mol. The first-order valence-corrected chi connectivity index (χ1v) is 11.6. The molecule has 4 aromatic carbocycles. The van der Waals surface area contributed by atoms with Gasteiger partial charge in [0.2, 0.25) is 0 Å². The maximum atomic E-state index is 14.7. The minimum atomic E-state index is -4.35. The van der Waals surface area contributed by atoms with Gasteiger partial charge in [0.15, 0.2) is 17.5 Å². The molecule has 1 nitrogen and oxygen atoms in total. The molecule has 0 radical (unpaired) electrons. The fourth-order valence-corrected chi connectivity index (χ4v) is 3.69. The van der Waals surface area contributed by atoms with Gasteiger partial charge in [-0.1, -0.05) is 48.2 Å². The van der Waals surface area contributed by atoms with Crippen LogP contribution in [0.5, 0.6) is 5.75 Å². The molecule has 0 aliphatic carbocycles. The van der Waals surface area contributed by atoms with Gasteiger partial charge in [0.25, 0.3) is 0 Å². The van der Waals surface area contributed by atoms with Gasteiger partial charge in [-0.25, -0.2) is 22.0 Å². The topological polar surface area (TPSA) is 9.23 Å². The summed E-state index contributed by atoms with van der Waals surface area (Å²) in [6.45, 7) is 3.69. The third-order valence-electron chi connectivity index (χ3n) is 5.72. The molecule has 0 unspecified atom stereocenters. The molecular weight excluding hydrogens is 521 g/mol. The number of ether oxygens (including phenoxy) is 1. The van der Waals surface area contributed by atoms with Crippen molar-refractivity contribution in [2.75, 3.05) is 0 Å². The maximum Gasteiger partial charge on any atom is 0.429 e. The lowest BCUT2D eigenvalue weighted by molar-refractivity contribution is -0.187. The van der Waals surface area contributed by atoms with Crippen LogP contribution in [0.4, 0.5) is 30.7 Å². The van der Waals surface area contributed by atoms with Gasteiger partial charge in [0.1, 0.15) is 22.9 Å². The highest BCUT2D eigenvalue weighted by Gasteiger charge is 2.38. The molecule has 0 heterocycles. The van der Waals surface area contributed by atoms with Crippen molar-refractivity contribution in [3.05, 3.63) is 137 Å². The molecule has 198 valence electrons. The normalized spacial score (nSPS) is 11.1. The summed E-state index contributed by atoms with van der Waals surface area (Å²) in [7, 11) is 0. The monoisotopic (exact) mass is 540 g/mol. The third kappa shape index (κ3) is 6.50. The zero-order chi connectivity index (χ0) is 28.2. The van der Waals surface area contributed by atoms with Gasteiger partial charge in [-0.15, -0.1) is 6.58 Å². The lowest BCUT2D eigenvalue weighted by Gasteiger charge is -2.19. The highest BCUT2D eigenvalue weighted by Crippen LogP contribution is 2.34. The molecule has 0 amide bonds. The first-order chi connectivity index (χ1) is 18.6. The molecule has 0 bridgehead atoms. The minimum absolute atomic E-state index is 0.0138. The van der Waals surface area contributed by atoms with E-state index in [0.29, 0.717) is 17.7 Å². The fraction of sp³-hybridized carbons (Fsp3) is 0.0968. The van der Waals surface area contributed by atoms with E-state index >= 15 is 0 Å². The predicted octanol–water partition coefficient (Wildman–Crippen LogP) is 8.70. The molecule has 0 saturated heterocycles. The molecule has 0 aromatic heterocycles. The van der Waals surface area contributed by atoms with Crippen LogP contribution >= 0.6 is 0 Å². The van der Waals surface area contributed by atoms with E-state index in [-0.39, 0.29) is 23.3 Å². The second-order valence-electron chi connectivity index (χ2n) is 8.48. The molecule has 4 rings (SSSR count). The average Bonchev–Trinajstić information content (AvgIpc) is 2.89. The SMILES string of the molecule is C=CCCc1ccc(-c2ccc(C#Cc3ccc(C(F)(F)Oc4cc(F)c(F)c(F)c4)c(F)c3)c(F)c2)cc1. The molecule has 0 atom stereocenters. The number of hydrogen-bond donors (Lipinski definition) is 0. The van der Waals surface area contributed by atoms with E-state index in [1.165, 1.54) is 12.1 Å². The van der Waals surface area contributed by atoms with Gasteiger partial charge >= 0.3 is 6.11 Å². The zero-order valence-electron chi connectivity index (χ0n) is 20.2. The second-order valence-corrected chi connectivity index (χ2v) is 8.48. The summed E-state index contributed by atoms with van der Waals surface area (Å²) >= 11 is 0. The molecule has 8 heteroatoms. The largest absolute Gasteiger partial charge is 0.429 e. The molecular formula is C31H19F7O. The molecule has 0 saturated carbocycles. The summed E-state index contributed by atoms with van der Waals surface area (Å²) in [5.74, 6) is -3.38. The quantitative estimate of drug-likeness (QED) is 0.0986. The van der Waals surface area contributed by atoms with Crippen LogP contribution < -0.4 is 4.74 Å². The van der Waals surface area contributed by atoms with Crippen LogP contribution in [0.25, 0.3) is 11.1 Å². The molecule has 4 aromatic rings. The van der Waals surface area contributed by atoms with E-state index in [1.807, 2.05) is 30.3 Å². The highest BCUT2D eigenvalue weighted by atomic mass is 19.3. The van der Waals surface area contributed by atoms with E-state index in [1.54, 1.807) is 6.07 Å². The Hall–Kier alpha value is -4.51. The van der Waals surface area contributed by atoms with Crippen LogP contribution in [0.1, 0.15) is 28.7 Å². The smallest absolute Gasteiger partial charge is 0.429 e. The number of benzene rings is 4. The van der Waals surface area contributed by atoms with Crippen molar-refractivity contribution in [3.8, 4) is 28.7 Å². The summed E-state index contributed by atoms with van der Waals surface area (Å²) in [6, 6.07) is 14.9. The van der Waals surface area contributed by atoms with E-state index in [9.17, 15) is 30.7 Å². The number of halogens is 7. The molecule has 0 spiro atoms. The Balaban J connectivity index is 1.50. The number of hydrogen-bond acceptors (Lipinski definition) is 1. The molecule has 0 aliphatic heterocycles. The van der Waals surface area contributed by atoms with Gasteiger partial charge in [-0.05, 0) is 59.9 Å². The van der Waals surface area contributed by atoms with E-state index in [4.69, 9.17) is 0 Å². The van der Waals surface area contributed by atoms with Gasteiger partial charge in [-0.2, -0.15) is 8.78 Å². The number of allylic oxidation sites excluding steroid dienone is 1. The Bertz CT molecular complexity index is 1560. The third-order valence-corrected chi connectivity index (χ3v) is 5.72. The van der Waals surface area contributed by atoms with Crippen LogP contribution in [0, 0.1) is 40.9 Å². The standard InChI is InChI=1S/C31H19F7O/c1-2-3-4-19-5-9-21(10-6-19)23-13-12-22(26(32)16-23)11-7-20-8-14-25(27(33)15-20)31(37,38)39-24-17-28(34)30(36)29(35)18-24/h2,5-6,8-10,12-18H,1,3-4H2. The van der Waals surface area contributed by atoms with Crippen molar-refractivity contribution in [1.29, 1.82) is 0 Å². The maximum absolute atomic E-state index is 14.7. The lowest BCUT2D eigenvalue weighted by atomic mass is 10.0. The van der Waals surface area contributed by atoms with Crippen molar-refractivity contribution in [1.82, 2.24) is 0 Å². The van der Waals surface area contributed by atoms with Crippen LogP contribution in [-0.2, 0) is 12.5 Å². The Labute approximate surface area is 220 Å². The summed E-state index contributed by atoms with van der Waals surface area (Å²) in [4.78, 5) is 0. The lowest BCUT2D eigenvalue weighted by Crippen LogP contribution is -2.23. The first kappa shape index (κ1) is 27.5. The summed E-state index contributed by atoms with van der Waals surface area (Å²) in [5.41, 5.74) is 1.30. The summed E-state index contributed by atoms with van der Waals surface area (Å²) in [6.07, 6.45) is -0.813. The highest BCUT2D eigenvalue weighted by molar-refractivity contribution is 5.65. The zero-order valence-corrected chi connectivity index (χ0v) is 20.2. The van der Waals surface area contributed by atoms with Gasteiger partial charge in [0, 0.05) is 17.7 Å². The molecule has 39 heavy (non-hydrogen) atoms. The van der Waals surface area contributed by atoms with Crippen LogP contribution in [0.15, 0.2) is 85.5 Å². The van der Waals surface area contributed by atoms with Crippen LogP contribution in [0.3, 0.4) is 0 Å². The number of rotatable bonds is 7. The van der Waals surface area contributed by atoms with Crippen molar-refractivity contribution in [2.45, 2.75) is 19.0 Å². The van der Waals surface area contributed by atoms with Crippen LogP contribution in [-0.4, -0.2) is 0 Å². The second kappa shape index (κ2) is 11.5. The summed E-state index contributed by atoms with van der Waals surface area (Å²) < 4.78 is 102. The molecule has 0 N–H and O–H groups in total. The molecule has 0 fully saturated rings. The minimum Gasteiger partial charge on any atom is -0.429 e. The predicted molar refractivity (Wildman–Crippen MR) is 134 cm³/mol. The Kier molecular flexibility index (Phi) is 8.10. The van der Waals surface area contributed by atoms with Crippen molar-refractivity contribution in [2.24, 2.45) is 0 Å². The van der Waals surface area contributed by atoms with Crippen molar-refractivity contribution in [3.63, 3.8) is 0 Å². The van der Waals surface area contributed by atoms with Gasteiger partial charge < -0.3 is 4.74 Å². The van der Waals surface area contributed by atoms with Gasteiger partial charge in [0.05, 0.1) is 5.56 Å². The fourth-order valence-electron chi connectivity index (χ4n) is 3.69. The molecule has 0 aliphatic rings. The van der Waals surface area contributed by atoms with E-state index < -0.39 is 46.5 Å². The van der Waals surface area contributed by atoms with E-state index in [2.05, 4.69) is 23.2 Å². The Morgan fingerprint density at radius 2 is 1.38 bits per heavy atom. The number of aryl methyl sites for hydroxylation is 1. The summed E-state index contributed by atoms with van der Waals surface area (Å²) in [5, 5.41) is 0. The van der Waals surface area contributed by atoms with E-state index in [0.717, 1.165) is 30.0 Å². The van der Waals surface area contributed by atoms with Crippen molar-refractivity contribution < 1.29 is 35.5 Å². The van der Waals surface area contributed by atoms with Gasteiger partial charge in [-0.3, -0.25) is 0 Å². The Morgan fingerprint density at radius 1 is 0.718 bits per heavy atom. The first-order valence-electron chi connectivity index (χ1n) is 11.6. The van der Waals surface area contributed by atoms with Crippen molar-refractivity contribution >= 4 is 0 Å².